The molecule has 2 aliphatic heterocycles. The fourth-order valence-electron chi connectivity index (χ4n) is 3.98. The smallest absolute Gasteiger partial charge is 0.321 e. The van der Waals surface area contributed by atoms with Crippen LogP contribution in [0.25, 0.3) is 0 Å². The molecule has 154 valence electrons. The third-order valence-electron chi connectivity index (χ3n) is 5.95. The summed E-state index contributed by atoms with van der Waals surface area (Å²) in [6.07, 6.45) is 2.46. The minimum absolute atomic E-state index is 0.0405. The average Bonchev–Trinajstić information content (AvgIpc) is 3.26. The molecule has 0 atom stereocenters. The lowest BCUT2D eigenvalue weighted by molar-refractivity contribution is 0.208. The second kappa shape index (κ2) is 8.27. The van der Waals surface area contributed by atoms with Gasteiger partial charge in [-0.15, -0.1) is 0 Å². The zero-order valence-corrected chi connectivity index (χ0v) is 17.6. The number of aryl methyl sites for hydroxylation is 2. The van der Waals surface area contributed by atoms with Crippen molar-refractivity contribution in [2.75, 3.05) is 54.4 Å². The number of carbonyl (C=O) groups is 1. The van der Waals surface area contributed by atoms with Gasteiger partial charge in [-0.3, -0.25) is 0 Å². The second-order valence-corrected chi connectivity index (χ2v) is 8.01. The molecule has 0 radical (unpaired) electrons. The van der Waals surface area contributed by atoms with Crippen LogP contribution in [0.1, 0.15) is 29.7 Å². The number of piperazine rings is 1. The molecular formula is C22H30N6O. The standard InChI is InChI=1S/C22H30N6O/c1-16-7-6-8-19(18(16)3)24-22(29)28-13-11-27(12-14-28)21-23-17(2)15-20(25-21)26-9-4-5-10-26/h6-8,15H,4-5,9-14H2,1-3H3,(H,24,29). The van der Waals surface area contributed by atoms with Gasteiger partial charge in [0.25, 0.3) is 0 Å². The first-order valence-electron chi connectivity index (χ1n) is 10.5. The molecule has 1 aromatic heterocycles. The van der Waals surface area contributed by atoms with Crippen LogP contribution in [0.15, 0.2) is 24.3 Å². The monoisotopic (exact) mass is 394 g/mol. The van der Waals surface area contributed by atoms with E-state index < -0.39 is 0 Å². The molecule has 4 rings (SSSR count). The SMILES string of the molecule is Cc1cc(N2CCCC2)nc(N2CCN(C(=O)Nc3cccc(C)c3C)CC2)n1. The summed E-state index contributed by atoms with van der Waals surface area (Å²) in [6.45, 7) is 11.1. The molecule has 1 aromatic carbocycles. The molecule has 2 amide bonds. The third kappa shape index (κ3) is 4.28. The number of carbonyl (C=O) groups excluding carboxylic acids is 1. The molecule has 0 unspecified atom stereocenters. The lowest BCUT2D eigenvalue weighted by atomic mass is 10.1. The quantitative estimate of drug-likeness (QED) is 0.865. The van der Waals surface area contributed by atoms with Crippen LogP contribution in [-0.4, -0.2) is 60.2 Å². The maximum Gasteiger partial charge on any atom is 0.321 e. The van der Waals surface area contributed by atoms with Crippen molar-refractivity contribution < 1.29 is 4.79 Å². The van der Waals surface area contributed by atoms with Crippen molar-refractivity contribution in [2.45, 2.75) is 33.6 Å². The van der Waals surface area contributed by atoms with Crippen LogP contribution < -0.4 is 15.1 Å². The van der Waals surface area contributed by atoms with E-state index in [1.807, 2.05) is 30.9 Å². The highest BCUT2D eigenvalue weighted by Gasteiger charge is 2.24. The van der Waals surface area contributed by atoms with Gasteiger partial charge in [-0.05, 0) is 50.8 Å². The Bertz CT molecular complexity index is 885. The van der Waals surface area contributed by atoms with Gasteiger partial charge in [-0.1, -0.05) is 12.1 Å². The summed E-state index contributed by atoms with van der Waals surface area (Å²) in [4.78, 5) is 28.6. The van der Waals surface area contributed by atoms with E-state index in [1.165, 1.54) is 18.4 Å². The highest BCUT2D eigenvalue weighted by molar-refractivity contribution is 5.90. The van der Waals surface area contributed by atoms with Crippen molar-refractivity contribution in [3.63, 3.8) is 0 Å². The van der Waals surface area contributed by atoms with Crippen molar-refractivity contribution in [3.05, 3.63) is 41.1 Å². The van der Waals surface area contributed by atoms with Gasteiger partial charge in [0.1, 0.15) is 5.82 Å². The fourth-order valence-corrected chi connectivity index (χ4v) is 3.98. The van der Waals surface area contributed by atoms with Gasteiger partial charge in [0.05, 0.1) is 0 Å². The maximum atomic E-state index is 12.7. The first-order chi connectivity index (χ1) is 14.0. The summed E-state index contributed by atoms with van der Waals surface area (Å²) in [5.74, 6) is 1.81. The zero-order chi connectivity index (χ0) is 20.4. The molecule has 0 bridgehead atoms. The van der Waals surface area contributed by atoms with Crippen LogP contribution in [0.2, 0.25) is 0 Å². The van der Waals surface area contributed by atoms with E-state index in [-0.39, 0.29) is 6.03 Å². The maximum absolute atomic E-state index is 12.7. The lowest BCUT2D eigenvalue weighted by Crippen LogP contribution is -2.50. The summed E-state index contributed by atoms with van der Waals surface area (Å²) >= 11 is 0. The molecule has 0 aliphatic carbocycles. The topological polar surface area (TPSA) is 64.6 Å². The normalized spacial score (nSPS) is 17.0. The number of urea groups is 1. The van der Waals surface area contributed by atoms with Crippen molar-refractivity contribution in [2.24, 2.45) is 0 Å². The highest BCUT2D eigenvalue weighted by Crippen LogP contribution is 2.23. The molecule has 2 aromatic rings. The number of amides is 2. The van der Waals surface area contributed by atoms with Crippen molar-refractivity contribution >= 4 is 23.5 Å². The zero-order valence-electron chi connectivity index (χ0n) is 17.6. The summed E-state index contributed by atoms with van der Waals surface area (Å²) in [5, 5.41) is 3.06. The molecule has 7 heteroatoms. The minimum atomic E-state index is -0.0405. The number of benzene rings is 1. The van der Waals surface area contributed by atoms with E-state index in [0.717, 1.165) is 54.9 Å². The van der Waals surface area contributed by atoms with E-state index in [2.05, 4.69) is 39.2 Å². The van der Waals surface area contributed by atoms with Gasteiger partial charge in [-0.25, -0.2) is 9.78 Å². The Morgan fingerprint density at radius 3 is 2.38 bits per heavy atom. The van der Waals surface area contributed by atoms with Crippen molar-refractivity contribution in [3.8, 4) is 0 Å². The Morgan fingerprint density at radius 2 is 1.66 bits per heavy atom. The van der Waals surface area contributed by atoms with Crippen LogP contribution in [0, 0.1) is 20.8 Å². The van der Waals surface area contributed by atoms with E-state index in [9.17, 15) is 4.79 Å². The largest absolute Gasteiger partial charge is 0.356 e. The van der Waals surface area contributed by atoms with Gasteiger partial charge < -0.3 is 20.0 Å². The van der Waals surface area contributed by atoms with Gasteiger partial charge >= 0.3 is 6.03 Å². The Balaban J connectivity index is 1.39. The highest BCUT2D eigenvalue weighted by atomic mass is 16.2. The predicted molar refractivity (Wildman–Crippen MR) is 117 cm³/mol. The van der Waals surface area contributed by atoms with Crippen molar-refractivity contribution in [1.82, 2.24) is 14.9 Å². The second-order valence-electron chi connectivity index (χ2n) is 8.01. The molecular weight excluding hydrogens is 364 g/mol. The summed E-state index contributed by atoms with van der Waals surface area (Å²) in [5.41, 5.74) is 4.17. The molecule has 0 spiro atoms. The van der Waals surface area contributed by atoms with Crippen LogP contribution in [0.5, 0.6) is 0 Å². The minimum Gasteiger partial charge on any atom is -0.356 e. The number of anilines is 3. The summed E-state index contributed by atoms with van der Waals surface area (Å²) in [7, 11) is 0. The predicted octanol–water partition coefficient (Wildman–Crippen LogP) is 3.36. The average molecular weight is 395 g/mol. The van der Waals surface area contributed by atoms with E-state index in [0.29, 0.717) is 13.1 Å². The molecule has 2 aliphatic rings. The molecule has 2 saturated heterocycles. The first kappa shape index (κ1) is 19.5. The van der Waals surface area contributed by atoms with Crippen LogP contribution in [0.4, 0.5) is 22.2 Å². The number of hydrogen-bond donors (Lipinski definition) is 1. The molecule has 0 saturated carbocycles. The van der Waals surface area contributed by atoms with E-state index >= 15 is 0 Å². The molecule has 3 heterocycles. The summed E-state index contributed by atoms with van der Waals surface area (Å²) < 4.78 is 0. The van der Waals surface area contributed by atoms with Gasteiger partial charge in [0.15, 0.2) is 0 Å². The number of hydrogen-bond acceptors (Lipinski definition) is 5. The van der Waals surface area contributed by atoms with E-state index in [1.54, 1.807) is 0 Å². The molecule has 1 N–H and O–H groups in total. The Morgan fingerprint density at radius 1 is 0.931 bits per heavy atom. The van der Waals surface area contributed by atoms with E-state index in [4.69, 9.17) is 4.98 Å². The number of rotatable bonds is 3. The Hall–Kier alpha value is -2.83. The molecule has 7 nitrogen and oxygen atoms in total. The van der Waals surface area contributed by atoms with Crippen LogP contribution in [0.3, 0.4) is 0 Å². The molecule has 29 heavy (non-hydrogen) atoms. The Labute approximate surface area is 172 Å². The number of nitrogens with zero attached hydrogens (tertiary/aromatic N) is 5. The first-order valence-corrected chi connectivity index (χ1v) is 10.5. The molecule has 2 fully saturated rings. The van der Waals surface area contributed by atoms with Crippen molar-refractivity contribution in [1.29, 1.82) is 0 Å². The number of nitrogens with one attached hydrogen (secondary N) is 1. The van der Waals surface area contributed by atoms with Crippen LogP contribution >= 0.6 is 0 Å². The fraction of sp³-hybridized carbons (Fsp3) is 0.500. The van der Waals surface area contributed by atoms with Gasteiger partial charge in [0.2, 0.25) is 5.95 Å². The van der Waals surface area contributed by atoms with Gasteiger partial charge in [0, 0.05) is 56.7 Å². The number of aromatic nitrogens is 2. The summed E-state index contributed by atoms with van der Waals surface area (Å²) in [6, 6.07) is 8.02. The Kier molecular flexibility index (Phi) is 5.56. The van der Waals surface area contributed by atoms with Crippen LogP contribution in [-0.2, 0) is 0 Å². The lowest BCUT2D eigenvalue weighted by Gasteiger charge is -2.35. The van der Waals surface area contributed by atoms with Gasteiger partial charge in [-0.2, -0.15) is 4.98 Å². The third-order valence-corrected chi connectivity index (χ3v) is 5.95.